The van der Waals surface area contributed by atoms with Gasteiger partial charge in [-0.1, -0.05) is 30.3 Å². The largest absolute Gasteiger partial charge is 0.270 e. The van der Waals surface area contributed by atoms with E-state index < -0.39 is 26.3 Å². The quantitative estimate of drug-likeness (QED) is 0.551. The first-order chi connectivity index (χ1) is 12.1. The molecule has 26 heavy (non-hydrogen) atoms. The number of hydrogen-bond donors (Lipinski definition) is 0. The lowest BCUT2D eigenvalue weighted by molar-refractivity contribution is 0.163. The monoisotopic (exact) mass is 418 g/mol. The van der Waals surface area contributed by atoms with E-state index in [4.69, 9.17) is 4.18 Å². The maximum Gasteiger partial charge on any atom is 0.264 e. The Morgan fingerprint density at radius 1 is 0.962 bits per heavy atom. The van der Waals surface area contributed by atoms with Crippen molar-refractivity contribution in [2.75, 3.05) is 19.1 Å². The predicted octanol–water partition coefficient (Wildman–Crippen LogP) is 3.06. The Balaban J connectivity index is 1.94. The molecule has 1 aromatic heterocycles. The molecule has 0 radical (unpaired) electrons. The predicted molar refractivity (Wildman–Crippen MR) is 103 cm³/mol. The van der Waals surface area contributed by atoms with Crippen LogP contribution in [0.4, 0.5) is 0 Å². The summed E-state index contributed by atoms with van der Waals surface area (Å²) in [7, 11) is -7.19. The second-order valence-corrected chi connectivity index (χ2v) is 10.1. The van der Waals surface area contributed by atoms with Crippen molar-refractivity contribution in [3.63, 3.8) is 0 Å². The van der Waals surface area contributed by atoms with E-state index in [1.165, 1.54) is 4.88 Å². The highest BCUT2D eigenvalue weighted by atomic mass is 32.2. The minimum absolute atomic E-state index is 0.115. The molecule has 1 unspecified atom stereocenters. The molecule has 0 saturated carbocycles. The summed E-state index contributed by atoms with van der Waals surface area (Å²) in [6.45, 7) is -0.115. The first kappa shape index (κ1) is 21.0. The average molecular weight is 419 g/mol. The first-order valence-electron chi connectivity index (χ1n) is 7.98. The lowest BCUT2D eigenvalue weighted by atomic mass is 10.0. The van der Waals surface area contributed by atoms with Crippen LogP contribution in [0.2, 0.25) is 0 Å². The summed E-state index contributed by atoms with van der Waals surface area (Å²) in [5.41, 5.74) is 2.19. The zero-order valence-electron chi connectivity index (χ0n) is 14.6. The summed E-state index contributed by atoms with van der Waals surface area (Å²) in [5, 5.41) is 2.02. The van der Waals surface area contributed by atoms with Crippen molar-refractivity contribution in [2.45, 2.75) is 25.4 Å². The van der Waals surface area contributed by atoms with E-state index in [2.05, 4.69) is 10.2 Å². The summed E-state index contributed by atoms with van der Waals surface area (Å²) in [4.78, 5) is 1.19. The molecule has 0 fully saturated rings. The molecular weight excluding hydrogens is 396 g/mol. The van der Waals surface area contributed by atoms with Crippen LogP contribution in [0.3, 0.4) is 0 Å². The molecule has 0 aliphatic heterocycles. The second kappa shape index (κ2) is 9.09. The zero-order chi connectivity index (χ0) is 19.2. The maximum absolute atomic E-state index is 11.4. The van der Waals surface area contributed by atoms with Crippen LogP contribution in [-0.2, 0) is 35.0 Å². The van der Waals surface area contributed by atoms with Gasteiger partial charge in [-0.25, -0.2) is 0 Å². The van der Waals surface area contributed by atoms with Gasteiger partial charge in [0.15, 0.2) is 0 Å². The van der Waals surface area contributed by atoms with E-state index in [0.29, 0.717) is 12.8 Å². The Bertz CT molecular complexity index is 884. The average Bonchev–Trinajstić information content (AvgIpc) is 3.05. The SMILES string of the molecule is CS(=O)(=O)OCCC(CCc1ccc(-c2cccs2)cc1)OS(C)(=O)=O. The van der Waals surface area contributed by atoms with Crippen molar-refractivity contribution >= 4 is 31.6 Å². The first-order valence-corrected chi connectivity index (χ1v) is 12.5. The zero-order valence-corrected chi connectivity index (χ0v) is 17.1. The number of thiophene rings is 1. The summed E-state index contributed by atoms with van der Waals surface area (Å²) < 4.78 is 54.6. The molecule has 0 aliphatic carbocycles. The van der Waals surface area contributed by atoms with Gasteiger partial charge >= 0.3 is 0 Å². The summed E-state index contributed by atoms with van der Waals surface area (Å²) in [6, 6.07) is 12.1. The van der Waals surface area contributed by atoms with E-state index in [0.717, 1.165) is 23.6 Å². The minimum atomic E-state index is -3.63. The van der Waals surface area contributed by atoms with Gasteiger partial charge < -0.3 is 0 Å². The Hall–Kier alpha value is -1.26. The van der Waals surface area contributed by atoms with E-state index in [1.54, 1.807) is 11.3 Å². The molecule has 9 heteroatoms. The van der Waals surface area contributed by atoms with Crippen LogP contribution >= 0.6 is 11.3 Å². The third kappa shape index (κ3) is 7.96. The van der Waals surface area contributed by atoms with Crippen molar-refractivity contribution in [3.8, 4) is 10.4 Å². The number of aryl methyl sites for hydroxylation is 1. The van der Waals surface area contributed by atoms with Gasteiger partial charge in [0.25, 0.3) is 20.2 Å². The number of benzene rings is 1. The van der Waals surface area contributed by atoms with Crippen LogP contribution in [0.15, 0.2) is 41.8 Å². The van der Waals surface area contributed by atoms with E-state index in [9.17, 15) is 16.8 Å². The lowest BCUT2D eigenvalue weighted by Gasteiger charge is -2.16. The smallest absolute Gasteiger partial charge is 0.264 e. The highest BCUT2D eigenvalue weighted by Gasteiger charge is 2.17. The van der Waals surface area contributed by atoms with Gasteiger partial charge in [0.1, 0.15) is 0 Å². The topological polar surface area (TPSA) is 86.7 Å². The van der Waals surface area contributed by atoms with E-state index >= 15 is 0 Å². The van der Waals surface area contributed by atoms with E-state index in [1.807, 2.05) is 35.7 Å². The highest BCUT2D eigenvalue weighted by Crippen LogP contribution is 2.25. The van der Waals surface area contributed by atoms with Gasteiger partial charge in [-0.15, -0.1) is 11.3 Å². The molecule has 2 aromatic rings. The molecule has 0 aliphatic rings. The van der Waals surface area contributed by atoms with Crippen molar-refractivity contribution < 1.29 is 25.2 Å². The molecule has 0 bridgehead atoms. The fourth-order valence-corrected chi connectivity index (χ4v) is 4.24. The van der Waals surface area contributed by atoms with Gasteiger partial charge in [0, 0.05) is 4.88 Å². The fraction of sp³-hybridized carbons (Fsp3) is 0.412. The van der Waals surface area contributed by atoms with Crippen LogP contribution in [-0.4, -0.2) is 42.1 Å². The molecule has 1 aromatic carbocycles. The number of rotatable bonds is 10. The van der Waals surface area contributed by atoms with Gasteiger partial charge in [-0.05, 0) is 41.8 Å². The molecule has 1 heterocycles. The summed E-state index contributed by atoms with van der Waals surface area (Å²) >= 11 is 1.67. The standard InChI is InChI=1S/C17H22O6S3/c1-25(18,19)22-12-11-16(23-26(2,20)21)10-7-14-5-8-15(9-6-14)17-4-3-13-24-17/h3-6,8-9,13,16H,7,10-12H2,1-2H3. The summed E-state index contributed by atoms with van der Waals surface area (Å²) in [5.74, 6) is 0. The molecule has 0 spiro atoms. The third-order valence-corrected chi connectivity index (χ3v) is 5.70. The minimum Gasteiger partial charge on any atom is -0.270 e. The Morgan fingerprint density at radius 2 is 1.65 bits per heavy atom. The maximum atomic E-state index is 11.4. The van der Waals surface area contributed by atoms with Crippen LogP contribution in [0.1, 0.15) is 18.4 Å². The van der Waals surface area contributed by atoms with Crippen LogP contribution in [0, 0.1) is 0 Å². The van der Waals surface area contributed by atoms with Crippen LogP contribution in [0.5, 0.6) is 0 Å². The molecule has 0 amide bonds. The lowest BCUT2D eigenvalue weighted by Crippen LogP contribution is -2.21. The van der Waals surface area contributed by atoms with Crippen molar-refractivity contribution in [2.24, 2.45) is 0 Å². The van der Waals surface area contributed by atoms with Crippen molar-refractivity contribution in [1.82, 2.24) is 0 Å². The molecule has 1 atom stereocenters. The van der Waals surface area contributed by atoms with Gasteiger partial charge in [0.2, 0.25) is 0 Å². The van der Waals surface area contributed by atoms with Crippen molar-refractivity contribution in [3.05, 3.63) is 47.3 Å². The molecule has 144 valence electrons. The fourth-order valence-electron chi connectivity index (χ4n) is 2.42. The van der Waals surface area contributed by atoms with E-state index in [-0.39, 0.29) is 13.0 Å². The number of hydrogen-bond acceptors (Lipinski definition) is 7. The third-order valence-electron chi connectivity index (χ3n) is 3.56. The summed E-state index contributed by atoms with van der Waals surface area (Å²) in [6.07, 6.45) is 2.53. The Kier molecular flexibility index (Phi) is 7.36. The van der Waals surface area contributed by atoms with Gasteiger partial charge in [-0.3, -0.25) is 8.37 Å². The Labute approximate surface area is 159 Å². The van der Waals surface area contributed by atoms with Gasteiger partial charge in [-0.2, -0.15) is 16.8 Å². The Morgan fingerprint density at radius 3 is 2.19 bits per heavy atom. The molecular formula is C17H22O6S3. The molecule has 0 saturated heterocycles. The highest BCUT2D eigenvalue weighted by molar-refractivity contribution is 7.86. The molecule has 0 N–H and O–H groups in total. The van der Waals surface area contributed by atoms with Gasteiger partial charge in [0.05, 0.1) is 25.2 Å². The second-order valence-electron chi connectivity index (χ2n) is 5.95. The molecule has 2 rings (SSSR count). The van der Waals surface area contributed by atoms with Crippen LogP contribution in [0.25, 0.3) is 10.4 Å². The normalized spacial score (nSPS) is 13.6. The molecule has 6 nitrogen and oxygen atoms in total. The van der Waals surface area contributed by atoms with Crippen LogP contribution < -0.4 is 0 Å². The van der Waals surface area contributed by atoms with Crippen molar-refractivity contribution in [1.29, 1.82) is 0 Å².